The molecule has 16 heavy (non-hydrogen) atoms. The highest BCUT2D eigenvalue weighted by molar-refractivity contribution is 5.72. The van der Waals surface area contributed by atoms with E-state index in [1.807, 2.05) is 27.7 Å². The zero-order valence-electron chi connectivity index (χ0n) is 12.0. The quantitative estimate of drug-likeness (QED) is 0.675. The van der Waals surface area contributed by atoms with Crippen LogP contribution in [0, 0.1) is 11.3 Å². The highest BCUT2D eigenvalue weighted by atomic mass is 16.6. The number of esters is 1. The predicted molar refractivity (Wildman–Crippen MR) is 68.3 cm³/mol. The van der Waals surface area contributed by atoms with E-state index in [0.29, 0.717) is 5.41 Å². The molecule has 0 saturated heterocycles. The summed E-state index contributed by atoms with van der Waals surface area (Å²) in [6.45, 7) is 14.4. The molecule has 0 aromatic carbocycles. The molecule has 0 aliphatic heterocycles. The van der Waals surface area contributed by atoms with Crippen molar-refractivity contribution in [3.05, 3.63) is 0 Å². The van der Waals surface area contributed by atoms with Gasteiger partial charge < -0.3 is 4.74 Å². The fourth-order valence-electron chi connectivity index (χ4n) is 1.46. The van der Waals surface area contributed by atoms with Crippen LogP contribution >= 0.6 is 0 Å². The van der Waals surface area contributed by atoms with Crippen LogP contribution in [0.3, 0.4) is 0 Å². The first-order chi connectivity index (χ1) is 7.01. The smallest absolute Gasteiger partial charge is 0.309 e. The van der Waals surface area contributed by atoms with E-state index in [4.69, 9.17) is 4.74 Å². The third-order valence-electron chi connectivity index (χ3n) is 2.37. The van der Waals surface area contributed by atoms with Gasteiger partial charge in [-0.15, -0.1) is 0 Å². The van der Waals surface area contributed by atoms with Crippen LogP contribution in [-0.4, -0.2) is 11.6 Å². The molecule has 0 amide bonds. The molecule has 0 spiro atoms. The Labute approximate surface area is 101 Å². The van der Waals surface area contributed by atoms with Crippen molar-refractivity contribution < 1.29 is 9.53 Å². The molecule has 0 aromatic rings. The van der Waals surface area contributed by atoms with Crippen molar-refractivity contribution in [3.8, 4) is 0 Å². The largest absolute Gasteiger partial charge is 0.460 e. The number of hydrogen-bond donors (Lipinski definition) is 0. The summed E-state index contributed by atoms with van der Waals surface area (Å²) < 4.78 is 5.34. The van der Waals surface area contributed by atoms with Gasteiger partial charge in [-0.3, -0.25) is 4.79 Å². The number of ether oxygens (including phenoxy) is 1. The van der Waals surface area contributed by atoms with Crippen LogP contribution in [0.2, 0.25) is 0 Å². The molecule has 0 rings (SSSR count). The average Bonchev–Trinajstić information content (AvgIpc) is 1.98. The van der Waals surface area contributed by atoms with Crippen LogP contribution in [-0.2, 0) is 9.53 Å². The van der Waals surface area contributed by atoms with E-state index in [-0.39, 0.29) is 17.5 Å². The minimum Gasteiger partial charge on any atom is -0.460 e. The second-order valence-corrected chi connectivity index (χ2v) is 6.89. The molecule has 0 unspecified atom stereocenters. The lowest BCUT2D eigenvalue weighted by Crippen LogP contribution is -2.27. The zero-order valence-corrected chi connectivity index (χ0v) is 12.0. The van der Waals surface area contributed by atoms with E-state index < -0.39 is 0 Å². The lowest BCUT2D eigenvalue weighted by atomic mass is 9.88. The number of carbonyl (C=O) groups excluding carboxylic acids is 1. The van der Waals surface area contributed by atoms with E-state index >= 15 is 0 Å². The first-order valence-electron chi connectivity index (χ1n) is 6.24. The molecule has 0 aliphatic carbocycles. The Bertz CT molecular complexity index is 218. The van der Waals surface area contributed by atoms with Crippen LogP contribution in [0.5, 0.6) is 0 Å². The maximum absolute atomic E-state index is 11.7. The van der Waals surface area contributed by atoms with Crippen LogP contribution in [0.1, 0.15) is 67.7 Å². The van der Waals surface area contributed by atoms with Crippen molar-refractivity contribution in [2.45, 2.75) is 73.3 Å². The molecule has 0 bridgehead atoms. The van der Waals surface area contributed by atoms with Gasteiger partial charge in [0.2, 0.25) is 0 Å². The maximum atomic E-state index is 11.7. The van der Waals surface area contributed by atoms with Gasteiger partial charge in [-0.2, -0.15) is 0 Å². The van der Waals surface area contributed by atoms with Gasteiger partial charge in [-0.25, -0.2) is 0 Å². The molecule has 0 fully saturated rings. The Morgan fingerprint density at radius 2 is 1.62 bits per heavy atom. The first kappa shape index (κ1) is 15.5. The standard InChI is InChI=1S/C14H28O2/c1-11(9-8-10-13(2,3)4)12(15)16-14(5,6)7/h11H,8-10H2,1-7H3/t11-/m0/s1. The average molecular weight is 228 g/mol. The highest BCUT2D eigenvalue weighted by Gasteiger charge is 2.21. The maximum Gasteiger partial charge on any atom is 0.309 e. The fourth-order valence-corrected chi connectivity index (χ4v) is 1.46. The monoisotopic (exact) mass is 228 g/mol. The van der Waals surface area contributed by atoms with E-state index in [1.165, 1.54) is 0 Å². The third kappa shape index (κ3) is 8.75. The molecule has 96 valence electrons. The Kier molecular flexibility index (Phi) is 5.51. The summed E-state index contributed by atoms with van der Waals surface area (Å²) in [5.74, 6) is -0.0528. The highest BCUT2D eigenvalue weighted by Crippen LogP contribution is 2.24. The Morgan fingerprint density at radius 1 is 1.12 bits per heavy atom. The summed E-state index contributed by atoms with van der Waals surface area (Å²) in [6, 6.07) is 0. The molecule has 0 N–H and O–H groups in total. The molecule has 2 heteroatoms. The van der Waals surface area contributed by atoms with Crippen LogP contribution in [0.15, 0.2) is 0 Å². The van der Waals surface area contributed by atoms with Crippen molar-refractivity contribution >= 4 is 5.97 Å². The minimum atomic E-state index is -0.366. The summed E-state index contributed by atoms with van der Waals surface area (Å²) in [5, 5.41) is 0. The Morgan fingerprint density at radius 3 is 2.00 bits per heavy atom. The summed E-state index contributed by atoms with van der Waals surface area (Å²) in [7, 11) is 0. The summed E-state index contributed by atoms with van der Waals surface area (Å²) in [6.07, 6.45) is 3.16. The van der Waals surface area contributed by atoms with Gasteiger partial charge in [0.25, 0.3) is 0 Å². The fraction of sp³-hybridized carbons (Fsp3) is 0.929. The van der Waals surface area contributed by atoms with E-state index in [0.717, 1.165) is 19.3 Å². The Balaban J connectivity index is 3.89. The molecule has 0 aliphatic rings. The molecule has 2 nitrogen and oxygen atoms in total. The molecule has 0 aromatic heterocycles. The number of carbonyl (C=O) groups is 1. The van der Waals surface area contributed by atoms with E-state index in [9.17, 15) is 4.79 Å². The van der Waals surface area contributed by atoms with Gasteiger partial charge in [0.05, 0.1) is 5.92 Å². The van der Waals surface area contributed by atoms with E-state index in [1.54, 1.807) is 0 Å². The summed E-state index contributed by atoms with van der Waals surface area (Å²) in [5.41, 5.74) is -0.0109. The molecule has 1 atom stereocenters. The Hall–Kier alpha value is -0.530. The van der Waals surface area contributed by atoms with Crippen molar-refractivity contribution in [2.75, 3.05) is 0 Å². The van der Waals surface area contributed by atoms with Gasteiger partial charge >= 0.3 is 5.97 Å². The van der Waals surface area contributed by atoms with Crippen molar-refractivity contribution in [1.29, 1.82) is 0 Å². The lowest BCUT2D eigenvalue weighted by molar-refractivity contribution is -0.159. The third-order valence-corrected chi connectivity index (χ3v) is 2.37. The summed E-state index contributed by atoms with van der Waals surface area (Å²) in [4.78, 5) is 11.7. The topological polar surface area (TPSA) is 26.3 Å². The van der Waals surface area contributed by atoms with Gasteiger partial charge in [-0.05, 0) is 39.0 Å². The van der Waals surface area contributed by atoms with Gasteiger partial charge in [0.15, 0.2) is 0 Å². The first-order valence-corrected chi connectivity index (χ1v) is 6.24. The van der Waals surface area contributed by atoms with Crippen LogP contribution < -0.4 is 0 Å². The normalized spacial score (nSPS) is 14.7. The minimum absolute atomic E-state index is 0.0153. The second kappa shape index (κ2) is 5.70. The van der Waals surface area contributed by atoms with Gasteiger partial charge in [0, 0.05) is 0 Å². The number of hydrogen-bond acceptors (Lipinski definition) is 2. The predicted octanol–water partition coefficient (Wildman–Crippen LogP) is 4.18. The zero-order chi connectivity index (χ0) is 13.0. The SMILES string of the molecule is C[C@@H](CCCC(C)(C)C)C(=O)OC(C)(C)C. The van der Waals surface area contributed by atoms with Gasteiger partial charge in [0.1, 0.15) is 5.60 Å². The number of rotatable bonds is 4. The van der Waals surface area contributed by atoms with Crippen molar-refractivity contribution in [3.63, 3.8) is 0 Å². The van der Waals surface area contributed by atoms with Crippen LogP contribution in [0.4, 0.5) is 0 Å². The molecule has 0 heterocycles. The molecular formula is C14H28O2. The lowest BCUT2D eigenvalue weighted by Gasteiger charge is -2.23. The van der Waals surface area contributed by atoms with Crippen molar-refractivity contribution in [2.24, 2.45) is 11.3 Å². The second-order valence-electron chi connectivity index (χ2n) is 6.89. The molecular weight excluding hydrogens is 200 g/mol. The van der Waals surface area contributed by atoms with E-state index in [2.05, 4.69) is 20.8 Å². The van der Waals surface area contributed by atoms with Crippen LogP contribution in [0.25, 0.3) is 0 Å². The van der Waals surface area contributed by atoms with Gasteiger partial charge in [-0.1, -0.05) is 34.1 Å². The molecule has 0 saturated carbocycles. The summed E-state index contributed by atoms with van der Waals surface area (Å²) >= 11 is 0. The van der Waals surface area contributed by atoms with Crippen molar-refractivity contribution in [1.82, 2.24) is 0 Å². The molecule has 0 radical (unpaired) electrons.